The van der Waals surface area contributed by atoms with E-state index in [2.05, 4.69) is 39.9 Å². The number of piperidine rings is 1. The number of hydrogen-bond acceptors (Lipinski definition) is 4. The zero-order chi connectivity index (χ0) is 19.8. The molecule has 0 aliphatic carbocycles. The molecule has 2 aromatic carbocycles. The minimum atomic E-state index is 0.245. The second kappa shape index (κ2) is 7.68. The Bertz CT molecular complexity index is 920. The molecule has 0 spiro atoms. The number of ketones is 1. The molecule has 4 heteroatoms. The molecule has 3 aliphatic rings. The molecule has 3 aliphatic heterocycles. The SMILES string of the molecule is C=Cc1ccc(C(=O)CCCN2CCC3C(C2)c2cccc4c2N3CCN4)cc1. The van der Waals surface area contributed by atoms with Gasteiger partial charge in [0, 0.05) is 50.1 Å². The van der Waals surface area contributed by atoms with Crippen LogP contribution >= 0.6 is 0 Å². The lowest BCUT2D eigenvalue weighted by atomic mass is 9.89. The lowest BCUT2D eigenvalue weighted by Crippen LogP contribution is -2.48. The lowest BCUT2D eigenvalue weighted by Gasteiger charge is -2.40. The van der Waals surface area contributed by atoms with E-state index >= 15 is 0 Å². The van der Waals surface area contributed by atoms with Crippen LogP contribution in [0.15, 0.2) is 49.0 Å². The highest BCUT2D eigenvalue weighted by molar-refractivity contribution is 5.96. The summed E-state index contributed by atoms with van der Waals surface area (Å²) in [6.07, 6.45) is 4.57. The number of carbonyl (C=O) groups excluding carboxylic acids is 1. The smallest absolute Gasteiger partial charge is 0.162 e. The summed E-state index contributed by atoms with van der Waals surface area (Å²) in [5, 5.41) is 3.57. The Labute approximate surface area is 173 Å². The molecule has 0 saturated carbocycles. The average Bonchev–Trinajstić information content (AvgIpc) is 3.09. The van der Waals surface area contributed by atoms with E-state index in [1.54, 1.807) is 6.08 Å². The summed E-state index contributed by atoms with van der Waals surface area (Å²) in [6.45, 7) is 9.17. The first-order valence-electron chi connectivity index (χ1n) is 10.9. The van der Waals surface area contributed by atoms with Crippen molar-refractivity contribution in [1.29, 1.82) is 0 Å². The zero-order valence-electron chi connectivity index (χ0n) is 16.9. The van der Waals surface area contributed by atoms with E-state index in [1.807, 2.05) is 24.3 Å². The summed E-state index contributed by atoms with van der Waals surface area (Å²) < 4.78 is 0. The van der Waals surface area contributed by atoms with Gasteiger partial charge in [0.25, 0.3) is 0 Å². The lowest BCUT2D eigenvalue weighted by molar-refractivity contribution is 0.0971. The molecule has 2 unspecified atom stereocenters. The number of likely N-dealkylation sites (tertiary alicyclic amines) is 1. The third-order valence-electron chi connectivity index (χ3n) is 6.83. The highest BCUT2D eigenvalue weighted by atomic mass is 16.1. The molecule has 3 heterocycles. The Morgan fingerprint density at radius 3 is 2.86 bits per heavy atom. The van der Waals surface area contributed by atoms with Gasteiger partial charge in [0.1, 0.15) is 0 Å². The number of benzene rings is 2. The monoisotopic (exact) mass is 387 g/mol. The minimum absolute atomic E-state index is 0.245. The number of nitrogens with zero attached hydrogens (tertiary/aromatic N) is 2. The maximum atomic E-state index is 12.5. The molecule has 5 rings (SSSR count). The van der Waals surface area contributed by atoms with Crippen molar-refractivity contribution >= 4 is 23.2 Å². The van der Waals surface area contributed by atoms with Gasteiger partial charge in [0.15, 0.2) is 5.78 Å². The third kappa shape index (κ3) is 3.36. The minimum Gasteiger partial charge on any atom is -0.382 e. The molecule has 150 valence electrons. The van der Waals surface area contributed by atoms with E-state index in [0.717, 1.165) is 50.3 Å². The molecule has 0 aromatic heterocycles. The molecule has 1 N–H and O–H groups in total. The van der Waals surface area contributed by atoms with E-state index in [0.29, 0.717) is 18.4 Å². The van der Waals surface area contributed by atoms with Crippen LogP contribution < -0.4 is 10.2 Å². The molecule has 1 fully saturated rings. The Balaban J connectivity index is 1.19. The van der Waals surface area contributed by atoms with Gasteiger partial charge >= 0.3 is 0 Å². The largest absolute Gasteiger partial charge is 0.382 e. The first kappa shape index (κ1) is 18.4. The quantitative estimate of drug-likeness (QED) is 0.746. The summed E-state index contributed by atoms with van der Waals surface area (Å²) in [6, 6.07) is 15.1. The van der Waals surface area contributed by atoms with Crippen molar-refractivity contribution in [2.45, 2.75) is 31.2 Å². The van der Waals surface area contributed by atoms with Crippen LogP contribution in [0.2, 0.25) is 0 Å². The molecular formula is C25H29N3O. The molecule has 0 radical (unpaired) electrons. The molecule has 2 aromatic rings. The van der Waals surface area contributed by atoms with Crippen molar-refractivity contribution in [3.8, 4) is 0 Å². The van der Waals surface area contributed by atoms with Crippen LogP contribution in [-0.2, 0) is 0 Å². The molecule has 0 bridgehead atoms. The fourth-order valence-electron chi connectivity index (χ4n) is 5.38. The van der Waals surface area contributed by atoms with Gasteiger partial charge in [-0.15, -0.1) is 0 Å². The van der Waals surface area contributed by atoms with Crippen molar-refractivity contribution in [1.82, 2.24) is 4.90 Å². The zero-order valence-corrected chi connectivity index (χ0v) is 16.9. The summed E-state index contributed by atoms with van der Waals surface area (Å²) in [7, 11) is 0. The third-order valence-corrected chi connectivity index (χ3v) is 6.83. The van der Waals surface area contributed by atoms with Gasteiger partial charge in [-0.2, -0.15) is 0 Å². The molecule has 1 saturated heterocycles. The highest BCUT2D eigenvalue weighted by Gasteiger charge is 2.43. The van der Waals surface area contributed by atoms with Gasteiger partial charge in [-0.05, 0) is 36.6 Å². The van der Waals surface area contributed by atoms with Crippen molar-refractivity contribution in [3.05, 3.63) is 65.7 Å². The Morgan fingerprint density at radius 1 is 1.17 bits per heavy atom. The first-order chi connectivity index (χ1) is 14.2. The summed E-state index contributed by atoms with van der Waals surface area (Å²) in [5.74, 6) is 0.843. The molecule has 0 amide bonds. The predicted octanol–water partition coefficient (Wildman–Crippen LogP) is 4.40. The first-order valence-corrected chi connectivity index (χ1v) is 10.9. The predicted molar refractivity (Wildman–Crippen MR) is 120 cm³/mol. The Morgan fingerprint density at radius 2 is 2.03 bits per heavy atom. The van der Waals surface area contributed by atoms with Crippen molar-refractivity contribution < 1.29 is 4.79 Å². The number of carbonyl (C=O) groups is 1. The van der Waals surface area contributed by atoms with E-state index in [-0.39, 0.29) is 5.78 Å². The van der Waals surface area contributed by atoms with Crippen LogP contribution in [0.25, 0.3) is 6.08 Å². The standard InChI is InChI=1S/C25H29N3O/c1-2-18-8-10-19(11-9-18)24(29)7-4-14-27-15-12-23-21(17-27)20-5-3-6-22-25(20)28(23)16-13-26-22/h2-3,5-6,8-11,21,23,26H,1,4,7,12-17H2. The van der Waals surface area contributed by atoms with Crippen LogP contribution in [-0.4, -0.2) is 49.4 Å². The van der Waals surface area contributed by atoms with E-state index in [4.69, 9.17) is 0 Å². The molecular weight excluding hydrogens is 358 g/mol. The van der Waals surface area contributed by atoms with E-state index < -0.39 is 0 Å². The topological polar surface area (TPSA) is 35.6 Å². The van der Waals surface area contributed by atoms with E-state index in [9.17, 15) is 4.79 Å². The molecule has 4 nitrogen and oxygen atoms in total. The number of hydrogen-bond donors (Lipinski definition) is 1. The molecule has 29 heavy (non-hydrogen) atoms. The highest BCUT2D eigenvalue weighted by Crippen LogP contribution is 2.49. The summed E-state index contributed by atoms with van der Waals surface area (Å²) >= 11 is 0. The molecule has 2 atom stereocenters. The van der Waals surface area contributed by atoms with Crippen LogP contribution in [0.4, 0.5) is 11.4 Å². The number of para-hydroxylation sites is 1. The van der Waals surface area contributed by atoms with Crippen molar-refractivity contribution in [2.24, 2.45) is 0 Å². The number of nitrogens with one attached hydrogen (secondary N) is 1. The number of fused-ring (bicyclic) bond motifs is 3. The second-order valence-corrected chi connectivity index (χ2v) is 8.48. The normalized spacial score (nSPS) is 22.6. The summed E-state index contributed by atoms with van der Waals surface area (Å²) in [4.78, 5) is 17.7. The van der Waals surface area contributed by atoms with Crippen molar-refractivity contribution in [3.63, 3.8) is 0 Å². The Hall–Kier alpha value is -2.59. The van der Waals surface area contributed by atoms with Gasteiger partial charge in [-0.1, -0.05) is 49.1 Å². The van der Waals surface area contributed by atoms with Gasteiger partial charge < -0.3 is 15.1 Å². The van der Waals surface area contributed by atoms with Crippen molar-refractivity contribution in [2.75, 3.05) is 42.9 Å². The number of Topliss-reactive ketones (excluding diaryl/α,β-unsaturated/α-hetero) is 1. The summed E-state index contributed by atoms with van der Waals surface area (Å²) in [5.41, 5.74) is 6.14. The van der Waals surface area contributed by atoms with Gasteiger partial charge in [0.05, 0.1) is 11.4 Å². The maximum Gasteiger partial charge on any atom is 0.162 e. The Kier molecular flexibility index (Phi) is 4.88. The van der Waals surface area contributed by atoms with Gasteiger partial charge in [0.2, 0.25) is 0 Å². The van der Waals surface area contributed by atoms with Gasteiger partial charge in [-0.3, -0.25) is 4.79 Å². The van der Waals surface area contributed by atoms with E-state index in [1.165, 1.54) is 23.4 Å². The number of anilines is 2. The fraction of sp³-hybridized carbons (Fsp3) is 0.400. The van der Waals surface area contributed by atoms with Crippen LogP contribution in [0, 0.1) is 0 Å². The number of rotatable bonds is 6. The van der Waals surface area contributed by atoms with Crippen LogP contribution in [0.1, 0.15) is 46.7 Å². The average molecular weight is 388 g/mol. The fourth-order valence-corrected chi connectivity index (χ4v) is 5.38. The maximum absolute atomic E-state index is 12.5. The van der Waals surface area contributed by atoms with Crippen LogP contribution in [0.3, 0.4) is 0 Å². The van der Waals surface area contributed by atoms with Gasteiger partial charge in [-0.25, -0.2) is 0 Å². The second-order valence-electron chi connectivity index (χ2n) is 8.48. The van der Waals surface area contributed by atoms with Crippen LogP contribution in [0.5, 0.6) is 0 Å².